The van der Waals surface area contributed by atoms with Gasteiger partial charge in [0, 0.05) is 30.8 Å². The van der Waals surface area contributed by atoms with Crippen LogP contribution in [0, 0.1) is 12.7 Å². The summed E-state index contributed by atoms with van der Waals surface area (Å²) >= 11 is 0. The van der Waals surface area contributed by atoms with Gasteiger partial charge in [0.2, 0.25) is 0 Å². The van der Waals surface area contributed by atoms with Gasteiger partial charge in [-0.05, 0) is 55.3 Å². The van der Waals surface area contributed by atoms with Gasteiger partial charge in [0.15, 0.2) is 0 Å². The van der Waals surface area contributed by atoms with Gasteiger partial charge in [-0.1, -0.05) is 12.1 Å². The Balaban J connectivity index is 1.61. The van der Waals surface area contributed by atoms with Gasteiger partial charge in [-0.15, -0.1) is 0 Å². The predicted molar refractivity (Wildman–Crippen MR) is 93.8 cm³/mol. The van der Waals surface area contributed by atoms with Crippen LogP contribution >= 0.6 is 0 Å². The summed E-state index contributed by atoms with van der Waals surface area (Å²) in [5.74, 6) is -0.384. The molecule has 0 atom stereocenters. The van der Waals surface area contributed by atoms with Gasteiger partial charge < -0.3 is 5.32 Å². The first-order chi connectivity index (χ1) is 11.5. The maximum Gasteiger partial charge on any atom is 0.251 e. The molecule has 0 saturated carbocycles. The zero-order chi connectivity index (χ0) is 17.1. The second-order valence-corrected chi connectivity index (χ2v) is 6.02. The number of carbonyl (C=O) groups excluding carboxylic acids is 1. The highest BCUT2D eigenvalue weighted by Crippen LogP contribution is 2.20. The van der Waals surface area contributed by atoms with Crippen LogP contribution in [-0.4, -0.2) is 18.2 Å². The van der Waals surface area contributed by atoms with Crippen molar-refractivity contribution in [2.24, 2.45) is 5.10 Å². The molecule has 2 aromatic carbocycles. The molecule has 0 fully saturated rings. The highest BCUT2D eigenvalue weighted by Gasteiger charge is 2.13. The zero-order valence-corrected chi connectivity index (χ0v) is 13.8. The van der Waals surface area contributed by atoms with Crippen molar-refractivity contribution < 1.29 is 9.18 Å². The molecule has 3 rings (SSSR count). The lowest BCUT2D eigenvalue weighted by Gasteiger charge is -2.14. The van der Waals surface area contributed by atoms with Gasteiger partial charge in [0.25, 0.3) is 5.91 Å². The summed E-state index contributed by atoms with van der Waals surface area (Å²) in [6.07, 6.45) is 0.972. The number of halogens is 1. The Morgan fingerprint density at radius 3 is 2.58 bits per heavy atom. The first kappa shape index (κ1) is 16.2. The number of hydrogen-bond donors (Lipinski definition) is 1. The number of hydrogen-bond acceptors (Lipinski definition) is 3. The minimum Gasteiger partial charge on any atom is -0.348 e. The van der Waals surface area contributed by atoms with Crippen LogP contribution in [-0.2, 0) is 6.54 Å². The molecule has 0 aliphatic carbocycles. The maximum absolute atomic E-state index is 13.3. The van der Waals surface area contributed by atoms with Crippen LogP contribution in [0.2, 0.25) is 0 Å². The first-order valence-corrected chi connectivity index (χ1v) is 7.98. The normalized spacial score (nSPS) is 13.8. The molecule has 5 heteroatoms. The van der Waals surface area contributed by atoms with Crippen molar-refractivity contribution in [2.45, 2.75) is 26.8 Å². The molecule has 124 valence electrons. The average Bonchev–Trinajstić information content (AvgIpc) is 3.02. The summed E-state index contributed by atoms with van der Waals surface area (Å²) < 4.78 is 13.3. The number of benzene rings is 2. The molecule has 0 unspecified atom stereocenters. The minimum absolute atomic E-state index is 0.148. The number of hydrazone groups is 1. The van der Waals surface area contributed by atoms with Gasteiger partial charge >= 0.3 is 0 Å². The van der Waals surface area contributed by atoms with E-state index in [4.69, 9.17) is 0 Å². The lowest BCUT2D eigenvalue weighted by molar-refractivity contribution is 0.0951. The van der Waals surface area contributed by atoms with E-state index in [-0.39, 0.29) is 11.7 Å². The van der Waals surface area contributed by atoms with Gasteiger partial charge in [-0.25, -0.2) is 4.39 Å². The molecule has 0 spiro atoms. The molecule has 0 bridgehead atoms. The van der Waals surface area contributed by atoms with E-state index in [2.05, 4.69) is 10.4 Å². The average molecular weight is 325 g/mol. The molecule has 1 heterocycles. The molecule has 1 aliphatic heterocycles. The highest BCUT2D eigenvalue weighted by molar-refractivity contribution is 5.94. The van der Waals surface area contributed by atoms with Gasteiger partial charge in [0.1, 0.15) is 5.82 Å². The maximum atomic E-state index is 13.3. The Labute approximate surface area is 141 Å². The van der Waals surface area contributed by atoms with Crippen LogP contribution in [0.3, 0.4) is 0 Å². The summed E-state index contributed by atoms with van der Waals surface area (Å²) in [6, 6.07) is 12.2. The van der Waals surface area contributed by atoms with Crippen molar-refractivity contribution in [1.82, 2.24) is 5.32 Å². The van der Waals surface area contributed by atoms with Crippen molar-refractivity contribution in [1.29, 1.82) is 0 Å². The fraction of sp³-hybridized carbons (Fsp3) is 0.263. The molecule has 1 N–H and O–H groups in total. The minimum atomic E-state index is -0.236. The largest absolute Gasteiger partial charge is 0.348 e. The van der Waals surface area contributed by atoms with E-state index in [0.717, 1.165) is 29.9 Å². The van der Waals surface area contributed by atoms with Gasteiger partial charge in [-0.2, -0.15) is 5.10 Å². The van der Waals surface area contributed by atoms with Crippen molar-refractivity contribution in [3.8, 4) is 0 Å². The summed E-state index contributed by atoms with van der Waals surface area (Å²) in [7, 11) is 0. The summed E-state index contributed by atoms with van der Waals surface area (Å²) in [6.45, 7) is 4.97. The summed E-state index contributed by atoms with van der Waals surface area (Å²) in [5.41, 5.74) is 4.15. The van der Waals surface area contributed by atoms with E-state index in [1.165, 1.54) is 6.07 Å². The molecular formula is C19H20FN3O. The quantitative estimate of drug-likeness (QED) is 0.932. The van der Waals surface area contributed by atoms with Crippen molar-refractivity contribution >= 4 is 17.3 Å². The number of aryl methyl sites for hydroxylation is 1. The Morgan fingerprint density at radius 1 is 1.21 bits per heavy atom. The third kappa shape index (κ3) is 3.62. The van der Waals surface area contributed by atoms with Gasteiger partial charge in [-0.3, -0.25) is 9.80 Å². The monoisotopic (exact) mass is 325 g/mol. The number of rotatable bonds is 4. The Bertz CT molecular complexity index is 784. The van der Waals surface area contributed by atoms with E-state index < -0.39 is 0 Å². The molecule has 24 heavy (non-hydrogen) atoms. The van der Waals surface area contributed by atoms with Crippen molar-refractivity contribution in [2.75, 3.05) is 11.6 Å². The van der Waals surface area contributed by atoms with Crippen molar-refractivity contribution in [3.05, 3.63) is 65.0 Å². The highest BCUT2D eigenvalue weighted by atomic mass is 19.1. The molecule has 1 amide bonds. The fourth-order valence-corrected chi connectivity index (χ4v) is 2.65. The van der Waals surface area contributed by atoms with E-state index in [1.807, 2.05) is 24.1 Å². The number of amides is 1. The Hall–Kier alpha value is -2.69. The molecule has 1 aliphatic rings. The molecule has 0 saturated heterocycles. The van der Waals surface area contributed by atoms with Crippen LogP contribution in [0.5, 0.6) is 0 Å². The summed E-state index contributed by atoms with van der Waals surface area (Å²) in [4.78, 5) is 12.2. The summed E-state index contributed by atoms with van der Waals surface area (Å²) in [5, 5.41) is 9.24. The lowest BCUT2D eigenvalue weighted by atomic mass is 10.1. The molecule has 2 aromatic rings. The third-order valence-corrected chi connectivity index (χ3v) is 4.08. The predicted octanol–water partition coefficient (Wildman–Crippen LogP) is 3.65. The first-order valence-electron chi connectivity index (χ1n) is 7.98. The lowest BCUT2D eigenvalue weighted by Crippen LogP contribution is -2.23. The van der Waals surface area contributed by atoms with Crippen LogP contribution in [0.1, 0.15) is 34.8 Å². The van der Waals surface area contributed by atoms with E-state index in [9.17, 15) is 9.18 Å². The Kier molecular flexibility index (Phi) is 4.60. The molecule has 0 radical (unpaired) electrons. The second kappa shape index (κ2) is 6.83. The number of anilines is 1. The third-order valence-electron chi connectivity index (χ3n) is 4.08. The smallest absolute Gasteiger partial charge is 0.251 e. The zero-order valence-electron chi connectivity index (χ0n) is 13.8. The van der Waals surface area contributed by atoms with Crippen molar-refractivity contribution in [3.63, 3.8) is 0 Å². The van der Waals surface area contributed by atoms with Crippen LogP contribution in [0.15, 0.2) is 47.6 Å². The van der Waals surface area contributed by atoms with Crippen LogP contribution in [0.4, 0.5) is 10.1 Å². The van der Waals surface area contributed by atoms with Crippen LogP contribution < -0.4 is 10.3 Å². The fourth-order valence-electron chi connectivity index (χ4n) is 2.65. The number of nitrogens with zero attached hydrogens (tertiary/aromatic N) is 2. The van der Waals surface area contributed by atoms with Gasteiger partial charge in [0.05, 0.1) is 5.69 Å². The standard InChI is InChI=1S/C19H20FN3O/c1-13-11-15(3-8-18(13)20)12-21-19(24)16-4-6-17(7-5-16)23-10-9-14(2)22-23/h3-8,11H,9-10,12H2,1-2H3,(H,21,24). The Morgan fingerprint density at radius 2 is 1.96 bits per heavy atom. The van der Waals surface area contributed by atoms with E-state index in [1.54, 1.807) is 31.2 Å². The van der Waals surface area contributed by atoms with Crippen LogP contribution in [0.25, 0.3) is 0 Å². The number of carbonyl (C=O) groups is 1. The molecule has 0 aromatic heterocycles. The topological polar surface area (TPSA) is 44.7 Å². The molecule has 4 nitrogen and oxygen atoms in total. The number of nitrogens with one attached hydrogen (secondary N) is 1. The van der Waals surface area contributed by atoms with E-state index >= 15 is 0 Å². The van der Waals surface area contributed by atoms with E-state index in [0.29, 0.717) is 17.7 Å². The molecular weight excluding hydrogens is 305 g/mol. The second-order valence-electron chi connectivity index (χ2n) is 6.02. The SMILES string of the molecule is CC1=NN(c2ccc(C(=O)NCc3ccc(F)c(C)c3)cc2)CC1.